The third-order valence-electron chi connectivity index (χ3n) is 4.13. The summed E-state index contributed by atoms with van der Waals surface area (Å²) in [6.07, 6.45) is 5.79. The van der Waals surface area contributed by atoms with Crippen molar-refractivity contribution in [2.45, 2.75) is 19.8 Å². The van der Waals surface area contributed by atoms with Gasteiger partial charge < -0.3 is 10.6 Å². The summed E-state index contributed by atoms with van der Waals surface area (Å²) in [5, 5.41) is 5.72. The first-order valence-electron chi connectivity index (χ1n) is 8.57. The molecule has 0 fully saturated rings. The zero-order valence-electron chi connectivity index (χ0n) is 14.9. The number of hydrogen-bond donors (Lipinski definition) is 2. The van der Waals surface area contributed by atoms with Gasteiger partial charge in [-0.05, 0) is 44.0 Å². The number of hydrogen-bond acceptors (Lipinski definition) is 2. The number of anilines is 2. The SMILES string of the molecule is C=CCC(CC=CC)(C(=O)Nc1ccccc1)C(=O)Nc1ccccc1. The lowest BCUT2D eigenvalue weighted by Crippen LogP contribution is -2.45. The largest absolute Gasteiger partial charge is 0.325 e. The molecule has 0 radical (unpaired) electrons. The highest BCUT2D eigenvalue weighted by molar-refractivity contribution is 6.15. The Kier molecular flexibility index (Phi) is 6.92. The number of para-hydroxylation sites is 2. The molecule has 0 heterocycles. The van der Waals surface area contributed by atoms with Gasteiger partial charge in [0.25, 0.3) is 0 Å². The molecule has 0 atom stereocenters. The molecule has 2 aromatic carbocycles. The lowest BCUT2D eigenvalue weighted by Gasteiger charge is -2.29. The number of allylic oxidation sites excluding steroid dienone is 3. The maximum Gasteiger partial charge on any atom is 0.240 e. The summed E-state index contributed by atoms with van der Waals surface area (Å²) in [6, 6.07) is 18.2. The number of amides is 2. The Bertz CT molecular complexity index is 714. The van der Waals surface area contributed by atoms with Gasteiger partial charge in [0.15, 0.2) is 0 Å². The molecule has 0 spiro atoms. The van der Waals surface area contributed by atoms with Crippen molar-refractivity contribution in [1.29, 1.82) is 0 Å². The normalized spacial score (nSPS) is 11.1. The second-order valence-electron chi connectivity index (χ2n) is 5.99. The molecule has 0 aliphatic carbocycles. The summed E-state index contributed by atoms with van der Waals surface area (Å²) >= 11 is 0. The van der Waals surface area contributed by atoms with Crippen molar-refractivity contribution in [3.8, 4) is 0 Å². The standard InChI is InChI=1S/C22H24N2O2/c1-3-5-17-22(16-4-2,20(25)23-18-12-8-6-9-13-18)21(26)24-19-14-10-7-11-15-19/h3-15H,2,16-17H2,1H3,(H,23,25)(H,24,26). The number of carbonyl (C=O) groups is 2. The topological polar surface area (TPSA) is 58.2 Å². The Hall–Kier alpha value is -3.14. The molecule has 0 saturated carbocycles. The Morgan fingerprint density at radius 3 is 1.73 bits per heavy atom. The fourth-order valence-electron chi connectivity index (χ4n) is 2.67. The molecule has 26 heavy (non-hydrogen) atoms. The predicted molar refractivity (Wildman–Crippen MR) is 107 cm³/mol. The van der Waals surface area contributed by atoms with Crippen LogP contribution in [-0.2, 0) is 9.59 Å². The molecular weight excluding hydrogens is 324 g/mol. The average Bonchev–Trinajstić information content (AvgIpc) is 2.66. The van der Waals surface area contributed by atoms with E-state index in [2.05, 4.69) is 17.2 Å². The van der Waals surface area contributed by atoms with E-state index in [1.807, 2.05) is 55.5 Å². The second kappa shape index (κ2) is 9.37. The van der Waals surface area contributed by atoms with Crippen molar-refractivity contribution in [3.63, 3.8) is 0 Å². The van der Waals surface area contributed by atoms with Gasteiger partial charge in [-0.2, -0.15) is 0 Å². The lowest BCUT2D eigenvalue weighted by atomic mass is 9.78. The van der Waals surface area contributed by atoms with Gasteiger partial charge >= 0.3 is 0 Å². The summed E-state index contributed by atoms with van der Waals surface area (Å²) < 4.78 is 0. The molecular formula is C22H24N2O2. The molecule has 0 aromatic heterocycles. The van der Waals surface area contributed by atoms with Crippen LogP contribution in [0.2, 0.25) is 0 Å². The van der Waals surface area contributed by atoms with Gasteiger partial charge in [0.05, 0.1) is 0 Å². The smallest absolute Gasteiger partial charge is 0.240 e. The van der Waals surface area contributed by atoms with E-state index in [1.54, 1.807) is 30.3 Å². The number of rotatable bonds is 8. The predicted octanol–water partition coefficient (Wildman–Crippen LogP) is 4.79. The van der Waals surface area contributed by atoms with Crippen molar-refractivity contribution in [1.82, 2.24) is 0 Å². The monoisotopic (exact) mass is 348 g/mol. The Balaban J connectivity index is 2.34. The number of benzene rings is 2. The van der Waals surface area contributed by atoms with Crippen LogP contribution in [0, 0.1) is 5.41 Å². The van der Waals surface area contributed by atoms with Crippen molar-refractivity contribution >= 4 is 23.2 Å². The highest BCUT2D eigenvalue weighted by Gasteiger charge is 2.44. The third-order valence-corrected chi connectivity index (χ3v) is 4.13. The van der Waals surface area contributed by atoms with Gasteiger partial charge in [-0.1, -0.05) is 54.6 Å². The summed E-state index contributed by atoms with van der Waals surface area (Å²) in [7, 11) is 0. The van der Waals surface area contributed by atoms with Gasteiger partial charge in [-0.15, -0.1) is 6.58 Å². The molecule has 2 rings (SSSR count). The van der Waals surface area contributed by atoms with Crippen LogP contribution in [0.1, 0.15) is 19.8 Å². The lowest BCUT2D eigenvalue weighted by molar-refractivity contribution is -0.137. The van der Waals surface area contributed by atoms with Crippen molar-refractivity contribution in [2.75, 3.05) is 10.6 Å². The van der Waals surface area contributed by atoms with E-state index in [1.165, 1.54) is 0 Å². The average molecular weight is 348 g/mol. The molecule has 0 saturated heterocycles. The fourth-order valence-corrected chi connectivity index (χ4v) is 2.67. The van der Waals surface area contributed by atoms with E-state index < -0.39 is 5.41 Å². The minimum atomic E-state index is -1.28. The summed E-state index contributed by atoms with van der Waals surface area (Å²) in [5.74, 6) is -0.703. The maximum atomic E-state index is 13.1. The first kappa shape index (κ1) is 19.2. The minimum Gasteiger partial charge on any atom is -0.325 e. The van der Waals surface area contributed by atoms with E-state index in [0.717, 1.165) is 0 Å². The van der Waals surface area contributed by atoms with E-state index in [0.29, 0.717) is 11.4 Å². The van der Waals surface area contributed by atoms with Crippen LogP contribution in [-0.4, -0.2) is 11.8 Å². The third kappa shape index (κ3) is 4.70. The zero-order valence-corrected chi connectivity index (χ0v) is 14.9. The van der Waals surface area contributed by atoms with Crippen molar-refractivity contribution < 1.29 is 9.59 Å². The fraction of sp³-hybridized carbons (Fsp3) is 0.182. The van der Waals surface area contributed by atoms with E-state index in [4.69, 9.17) is 0 Å². The first-order valence-corrected chi connectivity index (χ1v) is 8.57. The Morgan fingerprint density at radius 2 is 1.35 bits per heavy atom. The van der Waals surface area contributed by atoms with Crippen LogP contribution >= 0.6 is 0 Å². The van der Waals surface area contributed by atoms with Crippen molar-refractivity contribution in [3.05, 3.63) is 85.5 Å². The highest BCUT2D eigenvalue weighted by Crippen LogP contribution is 2.32. The zero-order chi connectivity index (χ0) is 18.8. The quantitative estimate of drug-likeness (QED) is 0.532. The molecule has 0 aliphatic heterocycles. The molecule has 2 aromatic rings. The Morgan fingerprint density at radius 1 is 0.885 bits per heavy atom. The number of nitrogens with one attached hydrogen (secondary N) is 2. The molecule has 2 N–H and O–H groups in total. The second-order valence-corrected chi connectivity index (χ2v) is 5.99. The van der Waals surface area contributed by atoms with E-state index in [9.17, 15) is 9.59 Å². The summed E-state index contributed by atoms with van der Waals surface area (Å²) in [5.41, 5.74) is 0.0257. The molecule has 4 heteroatoms. The van der Waals surface area contributed by atoms with Crippen LogP contribution in [0.3, 0.4) is 0 Å². The van der Waals surface area contributed by atoms with Gasteiger partial charge in [0, 0.05) is 11.4 Å². The van der Waals surface area contributed by atoms with Crippen molar-refractivity contribution in [2.24, 2.45) is 5.41 Å². The van der Waals surface area contributed by atoms with E-state index in [-0.39, 0.29) is 24.7 Å². The summed E-state index contributed by atoms with van der Waals surface area (Å²) in [6.45, 7) is 5.61. The summed E-state index contributed by atoms with van der Waals surface area (Å²) in [4.78, 5) is 26.2. The molecule has 2 amide bonds. The number of carbonyl (C=O) groups excluding carboxylic acids is 2. The highest BCUT2D eigenvalue weighted by atomic mass is 16.2. The van der Waals surface area contributed by atoms with Gasteiger partial charge in [0.1, 0.15) is 5.41 Å². The van der Waals surface area contributed by atoms with Crippen LogP contribution in [0.4, 0.5) is 11.4 Å². The van der Waals surface area contributed by atoms with Gasteiger partial charge in [0.2, 0.25) is 11.8 Å². The van der Waals surface area contributed by atoms with Gasteiger partial charge in [-0.3, -0.25) is 9.59 Å². The molecule has 4 nitrogen and oxygen atoms in total. The Labute approximate surface area is 154 Å². The van der Waals surface area contributed by atoms with Gasteiger partial charge in [-0.25, -0.2) is 0 Å². The molecule has 0 aliphatic rings. The van der Waals surface area contributed by atoms with Crippen LogP contribution < -0.4 is 10.6 Å². The van der Waals surface area contributed by atoms with Crippen LogP contribution in [0.15, 0.2) is 85.5 Å². The first-order chi connectivity index (χ1) is 12.6. The molecule has 0 bridgehead atoms. The van der Waals surface area contributed by atoms with E-state index >= 15 is 0 Å². The minimum absolute atomic E-state index is 0.231. The van der Waals surface area contributed by atoms with Crippen LogP contribution in [0.25, 0.3) is 0 Å². The molecule has 0 unspecified atom stereocenters. The molecule has 134 valence electrons. The maximum absolute atomic E-state index is 13.1. The van der Waals surface area contributed by atoms with Crippen LogP contribution in [0.5, 0.6) is 0 Å².